The highest BCUT2D eigenvalue weighted by molar-refractivity contribution is 7.90. The Morgan fingerprint density at radius 1 is 1.13 bits per heavy atom. The Morgan fingerprint density at radius 2 is 1.87 bits per heavy atom. The van der Waals surface area contributed by atoms with Crippen LogP contribution >= 0.6 is 11.3 Å². The zero-order valence-corrected chi connectivity index (χ0v) is 18.0. The summed E-state index contributed by atoms with van der Waals surface area (Å²) >= 11 is 1.18. The molecule has 0 aliphatic heterocycles. The van der Waals surface area contributed by atoms with E-state index in [2.05, 4.69) is 20.5 Å². The second kappa shape index (κ2) is 7.22. The first-order chi connectivity index (χ1) is 14.1. The van der Waals surface area contributed by atoms with E-state index in [9.17, 15) is 18.3 Å². The molecule has 0 saturated heterocycles. The number of aromatic amines is 1. The van der Waals surface area contributed by atoms with E-state index in [-0.39, 0.29) is 16.3 Å². The Bertz CT molecular complexity index is 1400. The number of hydrogen-bond acceptors (Lipinski definition) is 7. The molecule has 2 aromatic heterocycles. The van der Waals surface area contributed by atoms with Gasteiger partial charge in [0.05, 0.1) is 20.8 Å². The summed E-state index contributed by atoms with van der Waals surface area (Å²) in [5.41, 5.74) is 3.73. The molecule has 0 spiro atoms. The van der Waals surface area contributed by atoms with E-state index in [0.717, 1.165) is 17.4 Å². The molecule has 0 aliphatic carbocycles. The lowest BCUT2D eigenvalue weighted by molar-refractivity contribution is 0.102. The molecule has 0 atom stereocenters. The Balaban J connectivity index is 1.59. The number of aromatic hydroxyl groups is 1. The standard InChI is InChI=1S/C20H18N4O4S2/c1-10-6-13(17(25)7-11(10)2)15-9-16(24-23-15)19(26)22-20-21-14-5-4-12(30(3,27)28)8-18(14)29-20/h4-9,25H,1-3H3,(H,23,24)(H,21,22,26). The van der Waals surface area contributed by atoms with Crippen molar-refractivity contribution < 1.29 is 18.3 Å². The number of amides is 1. The van der Waals surface area contributed by atoms with Crippen LogP contribution in [0, 0.1) is 13.8 Å². The van der Waals surface area contributed by atoms with Crippen LogP contribution in [0.3, 0.4) is 0 Å². The third-order valence-corrected chi connectivity index (χ3v) is 6.76. The molecule has 154 valence electrons. The Morgan fingerprint density at radius 3 is 2.60 bits per heavy atom. The molecule has 0 radical (unpaired) electrons. The van der Waals surface area contributed by atoms with Crippen molar-refractivity contribution in [3.8, 4) is 17.0 Å². The molecule has 0 unspecified atom stereocenters. The maximum absolute atomic E-state index is 12.6. The van der Waals surface area contributed by atoms with Crippen LogP contribution in [0.25, 0.3) is 21.5 Å². The highest BCUT2D eigenvalue weighted by Crippen LogP contribution is 2.31. The van der Waals surface area contributed by atoms with Crippen LogP contribution in [-0.2, 0) is 9.84 Å². The molecule has 2 heterocycles. The topological polar surface area (TPSA) is 125 Å². The monoisotopic (exact) mass is 442 g/mol. The first-order valence-electron chi connectivity index (χ1n) is 8.90. The van der Waals surface area contributed by atoms with Crippen molar-refractivity contribution in [2.24, 2.45) is 0 Å². The van der Waals surface area contributed by atoms with Gasteiger partial charge in [0.1, 0.15) is 11.4 Å². The number of benzene rings is 2. The summed E-state index contributed by atoms with van der Waals surface area (Å²) < 4.78 is 24.1. The van der Waals surface area contributed by atoms with Gasteiger partial charge < -0.3 is 5.11 Å². The average Bonchev–Trinajstić information content (AvgIpc) is 3.30. The number of nitrogens with zero attached hydrogens (tertiary/aromatic N) is 2. The minimum Gasteiger partial charge on any atom is -0.507 e. The van der Waals surface area contributed by atoms with E-state index in [0.29, 0.717) is 26.6 Å². The van der Waals surface area contributed by atoms with E-state index >= 15 is 0 Å². The molecule has 0 fully saturated rings. The number of phenolic OH excluding ortho intramolecular Hbond substituents is 1. The van der Waals surface area contributed by atoms with Gasteiger partial charge in [0.2, 0.25) is 0 Å². The lowest BCUT2D eigenvalue weighted by atomic mass is 10.0. The van der Waals surface area contributed by atoms with Crippen LogP contribution in [0.15, 0.2) is 41.3 Å². The van der Waals surface area contributed by atoms with Crippen LogP contribution < -0.4 is 5.32 Å². The first-order valence-corrected chi connectivity index (χ1v) is 11.6. The molecule has 4 rings (SSSR count). The fourth-order valence-electron chi connectivity index (χ4n) is 2.94. The van der Waals surface area contributed by atoms with Gasteiger partial charge in [-0.3, -0.25) is 15.2 Å². The maximum Gasteiger partial charge on any atom is 0.275 e. The molecule has 0 bridgehead atoms. The number of aryl methyl sites for hydroxylation is 2. The number of carbonyl (C=O) groups is 1. The largest absolute Gasteiger partial charge is 0.507 e. The summed E-state index contributed by atoms with van der Waals surface area (Å²) in [5, 5.41) is 20.0. The molecule has 8 nitrogen and oxygen atoms in total. The van der Waals surface area contributed by atoms with Crippen LogP contribution in [0.2, 0.25) is 0 Å². The zero-order chi connectivity index (χ0) is 21.6. The number of rotatable bonds is 4. The molecule has 4 aromatic rings. The fraction of sp³-hybridized carbons (Fsp3) is 0.150. The lowest BCUT2D eigenvalue weighted by Crippen LogP contribution is -2.11. The van der Waals surface area contributed by atoms with Crippen LogP contribution in [0.4, 0.5) is 5.13 Å². The van der Waals surface area contributed by atoms with Crippen LogP contribution in [0.5, 0.6) is 5.75 Å². The number of nitrogens with one attached hydrogen (secondary N) is 2. The van der Waals surface area contributed by atoms with Crippen molar-refractivity contribution >= 4 is 42.4 Å². The smallest absolute Gasteiger partial charge is 0.275 e. The van der Waals surface area contributed by atoms with Gasteiger partial charge in [-0.25, -0.2) is 13.4 Å². The number of anilines is 1. The molecule has 0 aliphatic rings. The SMILES string of the molecule is Cc1cc(O)c(-c2cc(C(=O)Nc3nc4ccc(S(C)(=O)=O)cc4s3)[nH]n2)cc1C. The highest BCUT2D eigenvalue weighted by Gasteiger charge is 2.17. The van der Waals surface area contributed by atoms with Crippen molar-refractivity contribution in [3.63, 3.8) is 0 Å². The van der Waals surface area contributed by atoms with Crippen molar-refractivity contribution in [1.29, 1.82) is 0 Å². The number of hydrogen-bond donors (Lipinski definition) is 3. The second-order valence-corrected chi connectivity index (χ2v) is 10.0. The van der Waals surface area contributed by atoms with Gasteiger partial charge in [0, 0.05) is 11.8 Å². The number of thiazole rings is 1. The Labute approximate surface area is 176 Å². The van der Waals surface area contributed by atoms with E-state index in [1.54, 1.807) is 18.2 Å². The van der Waals surface area contributed by atoms with Gasteiger partial charge in [0.25, 0.3) is 5.91 Å². The van der Waals surface area contributed by atoms with Crippen molar-refractivity contribution in [2.75, 3.05) is 11.6 Å². The molecular formula is C20H18N4O4S2. The van der Waals surface area contributed by atoms with Gasteiger partial charge in [-0.15, -0.1) is 0 Å². The number of phenols is 1. The summed E-state index contributed by atoms with van der Waals surface area (Å²) in [4.78, 5) is 17.1. The first kappa shape index (κ1) is 20.0. The summed E-state index contributed by atoms with van der Waals surface area (Å²) in [6, 6.07) is 9.65. The van der Waals surface area contributed by atoms with Gasteiger partial charge in [-0.2, -0.15) is 5.10 Å². The van der Waals surface area contributed by atoms with Gasteiger partial charge >= 0.3 is 0 Å². The summed E-state index contributed by atoms with van der Waals surface area (Å²) in [5.74, 6) is -0.358. The number of aromatic nitrogens is 3. The minimum absolute atomic E-state index is 0.0874. The van der Waals surface area contributed by atoms with E-state index in [1.165, 1.54) is 23.5 Å². The van der Waals surface area contributed by atoms with Gasteiger partial charge in [-0.1, -0.05) is 11.3 Å². The fourth-order valence-corrected chi connectivity index (χ4v) is 4.56. The van der Waals surface area contributed by atoms with E-state index in [1.807, 2.05) is 19.9 Å². The zero-order valence-electron chi connectivity index (χ0n) is 16.3. The minimum atomic E-state index is -3.33. The summed E-state index contributed by atoms with van der Waals surface area (Å²) in [7, 11) is -3.33. The van der Waals surface area contributed by atoms with Crippen molar-refractivity contribution in [3.05, 3.63) is 53.2 Å². The summed E-state index contributed by atoms with van der Waals surface area (Å²) in [6.45, 7) is 3.83. The van der Waals surface area contributed by atoms with Crippen molar-refractivity contribution in [2.45, 2.75) is 18.7 Å². The van der Waals surface area contributed by atoms with Crippen LogP contribution in [-0.4, -0.2) is 40.9 Å². The number of carbonyl (C=O) groups excluding carboxylic acids is 1. The average molecular weight is 443 g/mol. The molecular weight excluding hydrogens is 424 g/mol. The van der Waals surface area contributed by atoms with Gasteiger partial charge in [-0.05, 0) is 61.4 Å². The van der Waals surface area contributed by atoms with E-state index < -0.39 is 15.7 Å². The maximum atomic E-state index is 12.6. The van der Waals surface area contributed by atoms with E-state index in [4.69, 9.17) is 0 Å². The molecule has 3 N–H and O–H groups in total. The normalized spacial score (nSPS) is 11.7. The van der Waals surface area contributed by atoms with Gasteiger partial charge in [0.15, 0.2) is 15.0 Å². The molecule has 30 heavy (non-hydrogen) atoms. The lowest BCUT2D eigenvalue weighted by Gasteiger charge is -2.05. The molecule has 0 saturated carbocycles. The van der Waals surface area contributed by atoms with Crippen molar-refractivity contribution in [1.82, 2.24) is 15.2 Å². The third kappa shape index (κ3) is 3.79. The Hall–Kier alpha value is -3.24. The second-order valence-electron chi connectivity index (χ2n) is 7.00. The molecule has 1 amide bonds. The number of H-pyrrole nitrogens is 1. The third-order valence-electron chi connectivity index (χ3n) is 4.72. The highest BCUT2D eigenvalue weighted by atomic mass is 32.2. The van der Waals surface area contributed by atoms with Crippen LogP contribution in [0.1, 0.15) is 21.6 Å². The molecule has 2 aromatic carbocycles. The predicted octanol–water partition coefficient (Wildman–Crippen LogP) is 3.66. The predicted molar refractivity (Wildman–Crippen MR) is 116 cm³/mol. The number of sulfone groups is 1. The quantitative estimate of drug-likeness (QED) is 0.443. The number of fused-ring (bicyclic) bond motifs is 1. The molecule has 10 heteroatoms. The Kier molecular flexibility index (Phi) is 4.83. The summed E-state index contributed by atoms with van der Waals surface area (Å²) in [6.07, 6.45) is 1.14.